The predicted octanol–water partition coefficient (Wildman–Crippen LogP) is 0.632. The highest BCUT2D eigenvalue weighted by atomic mass is 16.4. The molecule has 0 aromatic heterocycles. The van der Waals surface area contributed by atoms with Gasteiger partial charge in [0.15, 0.2) is 0 Å². The van der Waals surface area contributed by atoms with Crippen LogP contribution in [0.15, 0.2) is 0 Å². The number of carboxylic acid groups (broad SMARTS) is 1. The van der Waals surface area contributed by atoms with Gasteiger partial charge < -0.3 is 31.7 Å². The van der Waals surface area contributed by atoms with E-state index in [0.717, 1.165) is 0 Å². The highest BCUT2D eigenvalue weighted by molar-refractivity contribution is 6.38. The second-order valence-corrected chi connectivity index (χ2v) is 13.4. The Kier molecular flexibility index (Phi) is 8.38. The minimum absolute atomic E-state index is 0.0197. The van der Waals surface area contributed by atoms with Crippen LogP contribution in [0.5, 0.6) is 0 Å². The lowest BCUT2D eigenvalue weighted by Gasteiger charge is -2.38. The maximum atomic E-state index is 13.9. The van der Waals surface area contributed by atoms with Crippen molar-refractivity contribution in [3.63, 3.8) is 0 Å². The fourth-order valence-corrected chi connectivity index (χ4v) is 5.87. The first-order valence-corrected chi connectivity index (χ1v) is 13.6. The summed E-state index contributed by atoms with van der Waals surface area (Å²) in [4.78, 5) is 77.5. The lowest BCUT2D eigenvalue weighted by molar-refractivity contribution is -0.145. The number of nitrogens with zero attached hydrogens (tertiary/aromatic N) is 1. The smallest absolute Gasteiger partial charge is 0.326 e. The van der Waals surface area contributed by atoms with Gasteiger partial charge in [0.1, 0.15) is 24.2 Å². The second kappa shape index (κ2) is 10.8. The van der Waals surface area contributed by atoms with Crippen LogP contribution in [-0.2, 0) is 24.0 Å². The number of aliphatic carboxylic acids is 1. The Hall–Kier alpha value is -3.18. The van der Waals surface area contributed by atoms with Crippen LogP contribution in [0.4, 0.5) is 4.79 Å². The van der Waals surface area contributed by atoms with Crippen molar-refractivity contribution < 1.29 is 33.9 Å². The Morgan fingerprint density at radius 1 is 1.03 bits per heavy atom. The zero-order valence-electron chi connectivity index (χ0n) is 23.9. The number of nitrogens with one attached hydrogen (secondary N) is 3. The number of nitrogens with two attached hydrogens (primary N) is 1. The van der Waals surface area contributed by atoms with Gasteiger partial charge in [-0.05, 0) is 53.8 Å². The summed E-state index contributed by atoms with van der Waals surface area (Å²) in [7, 11) is 0. The Balaban J connectivity index is 1.81. The first-order chi connectivity index (χ1) is 17.9. The van der Waals surface area contributed by atoms with Crippen LogP contribution in [0, 0.1) is 34.5 Å². The third-order valence-electron chi connectivity index (χ3n) is 8.38. The van der Waals surface area contributed by atoms with Crippen LogP contribution in [0.2, 0.25) is 0 Å². The third-order valence-corrected chi connectivity index (χ3v) is 8.38. The van der Waals surface area contributed by atoms with E-state index < -0.39 is 65.1 Å². The van der Waals surface area contributed by atoms with Crippen molar-refractivity contribution in [1.29, 1.82) is 0 Å². The average Bonchev–Trinajstić information content (AvgIpc) is 3.67. The Morgan fingerprint density at radius 2 is 1.62 bits per heavy atom. The van der Waals surface area contributed by atoms with Gasteiger partial charge in [-0.2, -0.15) is 0 Å². The van der Waals surface area contributed by atoms with E-state index in [2.05, 4.69) is 16.0 Å². The van der Waals surface area contributed by atoms with Crippen molar-refractivity contribution in [1.82, 2.24) is 20.9 Å². The minimum atomic E-state index is -1.17. The van der Waals surface area contributed by atoms with Gasteiger partial charge in [0, 0.05) is 6.54 Å². The Bertz CT molecular complexity index is 1050. The standard InChI is InChI=1S/C27H43N5O7/c1-12(2)10-15(24(37)38)29-25(39)31-20(26(3,4)5)23(36)32-11-14-16(27(14,6)7)18(32)22(35)30-17(13-8-9-13)19(33)21(28)34/h12-18,20H,8-11H2,1-7H3,(H2,28,34)(H,30,35)(H,37,38)(H2,29,31,39)/t14-,15?,16-,17?,18-,20+/m0/s1. The number of urea groups is 1. The van der Waals surface area contributed by atoms with Crippen molar-refractivity contribution in [2.45, 2.75) is 91.9 Å². The van der Waals surface area contributed by atoms with E-state index in [4.69, 9.17) is 5.73 Å². The summed E-state index contributed by atoms with van der Waals surface area (Å²) >= 11 is 0. The van der Waals surface area contributed by atoms with Crippen molar-refractivity contribution in [2.75, 3.05) is 6.54 Å². The number of likely N-dealkylation sites (tertiary alicyclic amines) is 1. The molecule has 6 N–H and O–H groups in total. The second-order valence-electron chi connectivity index (χ2n) is 13.4. The number of Topliss-reactive ketones (excluding diaryl/α,β-unsaturated/α-hetero) is 1. The van der Waals surface area contributed by atoms with E-state index in [1.54, 1.807) is 20.8 Å². The van der Waals surface area contributed by atoms with Crippen molar-refractivity contribution >= 4 is 35.5 Å². The Morgan fingerprint density at radius 3 is 2.08 bits per heavy atom. The number of amides is 5. The summed E-state index contributed by atoms with van der Waals surface area (Å²) in [6.07, 6.45) is 1.60. The quantitative estimate of drug-likeness (QED) is 0.234. The fraction of sp³-hybridized carbons (Fsp3) is 0.778. The highest BCUT2D eigenvalue weighted by Crippen LogP contribution is 2.65. The molecule has 2 unspecified atom stereocenters. The highest BCUT2D eigenvalue weighted by Gasteiger charge is 2.70. The topological polar surface area (TPSA) is 188 Å². The number of rotatable bonds is 11. The molecule has 6 atom stereocenters. The number of fused-ring (bicyclic) bond motifs is 1. The average molecular weight is 550 g/mol. The predicted molar refractivity (Wildman–Crippen MR) is 141 cm³/mol. The molecule has 1 saturated heterocycles. The van der Waals surface area contributed by atoms with Gasteiger partial charge in [0.2, 0.25) is 17.6 Å². The zero-order chi connectivity index (χ0) is 29.6. The molecule has 3 rings (SSSR count). The minimum Gasteiger partial charge on any atom is -0.480 e. The molecule has 0 aromatic rings. The molecule has 1 heterocycles. The van der Waals surface area contributed by atoms with Gasteiger partial charge in [0.05, 0.1) is 0 Å². The van der Waals surface area contributed by atoms with E-state index in [0.29, 0.717) is 19.4 Å². The molecule has 12 nitrogen and oxygen atoms in total. The molecule has 2 aliphatic carbocycles. The molecule has 1 aliphatic heterocycles. The summed E-state index contributed by atoms with van der Waals surface area (Å²) in [6.45, 7) is 13.3. The maximum Gasteiger partial charge on any atom is 0.326 e. The van der Waals surface area contributed by atoms with Gasteiger partial charge in [-0.25, -0.2) is 9.59 Å². The van der Waals surface area contributed by atoms with Gasteiger partial charge in [-0.1, -0.05) is 48.5 Å². The maximum absolute atomic E-state index is 13.9. The van der Waals surface area contributed by atoms with Crippen LogP contribution in [-0.4, -0.2) is 76.2 Å². The van der Waals surface area contributed by atoms with E-state index >= 15 is 0 Å². The van der Waals surface area contributed by atoms with Crippen molar-refractivity contribution in [2.24, 2.45) is 40.2 Å². The van der Waals surface area contributed by atoms with Crippen LogP contribution in [0.3, 0.4) is 0 Å². The summed E-state index contributed by atoms with van der Waals surface area (Å²) in [5.41, 5.74) is 4.24. The molecule has 0 aromatic carbocycles. The molecule has 12 heteroatoms. The molecule has 0 spiro atoms. The monoisotopic (exact) mass is 549 g/mol. The fourth-order valence-electron chi connectivity index (χ4n) is 5.87. The first kappa shape index (κ1) is 30.4. The third kappa shape index (κ3) is 6.52. The van der Waals surface area contributed by atoms with Gasteiger partial charge >= 0.3 is 12.0 Å². The van der Waals surface area contributed by atoms with Crippen molar-refractivity contribution in [3.8, 4) is 0 Å². The summed E-state index contributed by atoms with van der Waals surface area (Å²) < 4.78 is 0. The SMILES string of the molecule is CC(C)CC(NC(=O)N[C@H](C(=O)N1C[C@H]2[C@@H]([C@H]1C(=O)NC(C(=O)C(N)=O)C1CC1)C2(C)C)C(C)(C)C)C(=O)O. The molecule has 0 radical (unpaired) electrons. The number of carboxylic acids is 1. The van der Waals surface area contributed by atoms with Gasteiger partial charge in [0.25, 0.3) is 5.91 Å². The number of hydrogen-bond donors (Lipinski definition) is 5. The van der Waals surface area contributed by atoms with Crippen LogP contribution in [0.1, 0.15) is 67.7 Å². The summed E-state index contributed by atoms with van der Waals surface area (Å²) in [5.74, 6) is -4.37. The molecule has 2 saturated carbocycles. The van der Waals surface area contributed by atoms with E-state index in [-0.39, 0.29) is 35.5 Å². The summed E-state index contributed by atoms with van der Waals surface area (Å²) in [5, 5.41) is 17.3. The molecule has 218 valence electrons. The largest absolute Gasteiger partial charge is 0.480 e. The van der Waals surface area contributed by atoms with Crippen LogP contribution >= 0.6 is 0 Å². The van der Waals surface area contributed by atoms with Crippen molar-refractivity contribution in [3.05, 3.63) is 0 Å². The molecular formula is C27H43N5O7. The normalized spacial score (nSPS) is 25.6. The Labute approximate surface area is 229 Å². The number of primary amides is 1. The zero-order valence-corrected chi connectivity index (χ0v) is 23.9. The first-order valence-electron chi connectivity index (χ1n) is 13.6. The van der Waals surface area contributed by atoms with E-state index in [9.17, 15) is 33.9 Å². The molecule has 0 bridgehead atoms. The lowest BCUT2D eigenvalue weighted by atomic mass is 9.85. The number of piperidine rings is 1. The van der Waals surface area contributed by atoms with E-state index in [1.807, 2.05) is 27.7 Å². The number of hydrogen-bond acceptors (Lipinski definition) is 6. The molecular weight excluding hydrogens is 506 g/mol. The molecule has 5 amide bonds. The number of ketones is 1. The van der Waals surface area contributed by atoms with E-state index in [1.165, 1.54) is 4.90 Å². The molecule has 3 aliphatic rings. The van der Waals surface area contributed by atoms with Gasteiger partial charge in [-0.15, -0.1) is 0 Å². The molecule has 3 fully saturated rings. The number of carbonyl (C=O) groups excluding carboxylic acids is 5. The van der Waals surface area contributed by atoms with Crippen LogP contribution in [0.25, 0.3) is 0 Å². The lowest BCUT2D eigenvalue weighted by Crippen LogP contribution is -2.62. The van der Waals surface area contributed by atoms with Crippen LogP contribution < -0.4 is 21.7 Å². The number of carbonyl (C=O) groups is 6. The molecule has 39 heavy (non-hydrogen) atoms. The summed E-state index contributed by atoms with van der Waals surface area (Å²) in [6, 6.07) is -4.89. The van der Waals surface area contributed by atoms with Gasteiger partial charge in [-0.3, -0.25) is 19.2 Å².